The average Bonchev–Trinajstić information content (AvgIpc) is 3.60. The summed E-state index contributed by atoms with van der Waals surface area (Å²) in [5.74, 6) is 0. The van der Waals surface area contributed by atoms with Crippen molar-refractivity contribution < 1.29 is 0 Å². The second-order valence-electron chi connectivity index (χ2n) is 18.8. The van der Waals surface area contributed by atoms with Crippen LogP contribution in [-0.4, -0.2) is 0 Å². The predicted molar refractivity (Wildman–Crippen MR) is 328 cm³/mol. The fraction of sp³-hybridized carbons (Fsp3) is 0.0270. The molecule has 0 heterocycles. The van der Waals surface area contributed by atoms with Crippen molar-refractivity contribution in [1.82, 2.24) is 0 Å². The molecule has 11 aromatic rings. The summed E-state index contributed by atoms with van der Waals surface area (Å²) in [7, 11) is 0. The zero-order chi connectivity index (χ0) is 51.5. The molecule has 0 amide bonds. The lowest BCUT2D eigenvalue weighted by Crippen LogP contribution is -2.09. The van der Waals surface area contributed by atoms with Crippen LogP contribution in [0.15, 0.2) is 303 Å². The summed E-state index contributed by atoms with van der Waals surface area (Å²) in [5.41, 5.74) is 20.6. The summed E-state index contributed by atoms with van der Waals surface area (Å²) in [6.45, 7) is 4.12. The number of fused-ring (bicyclic) bond motifs is 1. The van der Waals surface area contributed by atoms with Crippen LogP contribution in [0.25, 0.3) is 73.5 Å². The maximum atomic E-state index is 2.34. The number of anilines is 6. The van der Waals surface area contributed by atoms with Crippen LogP contribution in [0.4, 0.5) is 34.1 Å². The number of benzene rings is 11. The van der Waals surface area contributed by atoms with Crippen LogP contribution in [-0.2, 0) is 0 Å². The van der Waals surface area contributed by atoms with Crippen LogP contribution >= 0.6 is 0 Å². The molecule has 0 radical (unpaired) electrons. The molecule has 2 nitrogen and oxygen atoms in total. The number of nitrogens with zero attached hydrogens (tertiary/aromatic N) is 2. The van der Waals surface area contributed by atoms with Crippen LogP contribution in [0.2, 0.25) is 0 Å². The first-order chi connectivity index (χ1) is 37.6. The SMILES string of the molecule is C\C=C/C(/C=C/c1ccc(N(c2ccccc2)c2ccc(-c3c(-c4ccccc4)c(-c4ccccc4)c(-c4ccc(N(c5ccccc5)c5ccc(/C=C/c6ccccc6)cc5)cc4)c4ccccc34)cc2)cc1)=C\C. The van der Waals surface area contributed by atoms with Gasteiger partial charge in [-0.05, 0) is 164 Å². The van der Waals surface area contributed by atoms with Crippen LogP contribution < -0.4 is 9.80 Å². The summed E-state index contributed by atoms with van der Waals surface area (Å²) in [5, 5.41) is 2.39. The highest BCUT2D eigenvalue weighted by molar-refractivity contribution is 6.18. The third-order valence-electron chi connectivity index (χ3n) is 13.9. The number of hydrogen-bond acceptors (Lipinski definition) is 2. The van der Waals surface area contributed by atoms with Crippen LogP contribution in [0, 0.1) is 0 Å². The second-order valence-corrected chi connectivity index (χ2v) is 18.8. The van der Waals surface area contributed by atoms with Crippen LogP contribution in [0.5, 0.6) is 0 Å². The van der Waals surface area contributed by atoms with Gasteiger partial charge in [0.1, 0.15) is 0 Å². The van der Waals surface area contributed by atoms with Gasteiger partial charge >= 0.3 is 0 Å². The molecule has 11 aromatic carbocycles. The fourth-order valence-corrected chi connectivity index (χ4v) is 10.3. The highest BCUT2D eigenvalue weighted by Gasteiger charge is 2.25. The molecule has 0 spiro atoms. The normalized spacial score (nSPS) is 11.7. The van der Waals surface area contributed by atoms with Gasteiger partial charge in [-0.25, -0.2) is 0 Å². The molecule has 2 heteroatoms. The van der Waals surface area contributed by atoms with Crippen molar-refractivity contribution in [3.05, 3.63) is 320 Å². The van der Waals surface area contributed by atoms with Gasteiger partial charge in [0.25, 0.3) is 0 Å². The van der Waals surface area contributed by atoms with Crippen molar-refractivity contribution >= 4 is 63.1 Å². The Balaban J connectivity index is 1.03. The quantitative estimate of drug-likeness (QED) is 0.0746. The third kappa shape index (κ3) is 10.5. The Bertz CT molecular complexity index is 3800. The zero-order valence-corrected chi connectivity index (χ0v) is 42.9. The number of hydrogen-bond donors (Lipinski definition) is 0. The lowest BCUT2D eigenvalue weighted by atomic mass is 9.79. The van der Waals surface area contributed by atoms with Gasteiger partial charge in [0.2, 0.25) is 0 Å². The van der Waals surface area contributed by atoms with Gasteiger partial charge in [-0.1, -0.05) is 243 Å². The Morgan fingerprint density at radius 1 is 0.263 bits per heavy atom. The highest BCUT2D eigenvalue weighted by atomic mass is 15.1. The predicted octanol–water partition coefficient (Wildman–Crippen LogP) is 21.2. The van der Waals surface area contributed by atoms with Crippen LogP contribution in [0.3, 0.4) is 0 Å². The molecular weight excluding hydrogens is 917 g/mol. The van der Waals surface area contributed by atoms with E-state index in [1.807, 2.05) is 13.0 Å². The minimum absolute atomic E-state index is 1.08. The lowest BCUT2D eigenvalue weighted by Gasteiger charge is -2.27. The molecule has 0 aromatic heterocycles. The van der Waals surface area contributed by atoms with Crippen molar-refractivity contribution in [2.75, 3.05) is 9.80 Å². The van der Waals surface area contributed by atoms with Crippen molar-refractivity contribution in [2.24, 2.45) is 0 Å². The van der Waals surface area contributed by atoms with Gasteiger partial charge in [0.15, 0.2) is 0 Å². The van der Waals surface area contributed by atoms with E-state index in [0.29, 0.717) is 0 Å². The van der Waals surface area contributed by atoms with Gasteiger partial charge in [0.05, 0.1) is 0 Å². The van der Waals surface area contributed by atoms with Gasteiger partial charge in [0, 0.05) is 34.1 Å². The van der Waals surface area contributed by atoms with E-state index in [1.165, 1.54) is 44.2 Å². The second kappa shape index (κ2) is 23.0. The molecule has 0 saturated carbocycles. The number of para-hydroxylation sites is 2. The summed E-state index contributed by atoms with van der Waals surface area (Å²) in [6, 6.07) is 98.6. The van der Waals surface area contributed by atoms with Crippen molar-refractivity contribution in [1.29, 1.82) is 0 Å². The molecule has 0 aliphatic heterocycles. The Labute approximate surface area is 448 Å². The summed E-state index contributed by atoms with van der Waals surface area (Å²) in [6.07, 6.45) is 15.0. The number of rotatable bonds is 15. The molecular formula is C74H58N2. The molecule has 0 bridgehead atoms. The molecule has 76 heavy (non-hydrogen) atoms. The van der Waals surface area contributed by atoms with Crippen molar-refractivity contribution in [3.8, 4) is 44.5 Å². The first kappa shape index (κ1) is 48.5. The topological polar surface area (TPSA) is 6.48 Å². The van der Waals surface area contributed by atoms with E-state index in [9.17, 15) is 0 Å². The molecule has 0 N–H and O–H groups in total. The molecule has 0 fully saturated rings. The van der Waals surface area contributed by atoms with Crippen molar-refractivity contribution in [3.63, 3.8) is 0 Å². The molecule has 364 valence electrons. The van der Waals surface area contributed by atoms with E-state index in [0.717, 1.165) is 67.5 Å². The summed E-state index contributed by atoms with van der Waals surface area (Å²) < 4.78 is 0. The summed E-state index contributed by atoms with van der Waals surface area (Å²) in [4.78, 5) is 4.68. The van der Waals surface area contributed by atoms with E-state index in [2.05, 4.69) is 326 Å². The molecule has 0 saturated heterocycles. The van der Waals surface area contributed by atoms with E-state index >= 15 is 0 Å². The molecule has 11 rings (SSSR count). The highest BCUT2D eigenvalue weighted by Crippen LogP contribution is 2.51. The summed E-state index contributed by atoms with van der Waals surface area (Å²) >= 11 is 0. The smallest absolute Gasteiger partial charge is 0.0462 e. The van der Waals surface area contributed by atoms with Crippen LogP contribution in [0.1, 0.15) is 30.5 Å². The third-order valence-corrected chi connectivity index (χ3v) is 13.9. The molecule has 0 atom stereocenters. The molecule has 0 aliphatic rings. The largest absolute Gasteiger partial charge is 0.311 e. The monoisotopic (exact) mass is 974 g/mol. The average molecular weight is 975 g/mol. The van der Waals surface area contributed by atoms with E-state index < -0.39 is 0 Å². The first-order valence-electron chi connectivity index (χ1n) is 26.1. The number of allylic oxidation sites excluding steroid dienone is 5. The van der Waals surface area contributed by atoms with E-state index in [-0.39, 0.29) is 0 Å². The van der Waals surface area contributed by atoms with Gasteiger partial charge < -0.3 is 9.80 Å². The van der Waals surface area contributed by atoms with Gasteiger partial charge in [-0.3, -0.25) is 0 Å². The molecule has 0 aliphatic carbocycles. The zero-order valence-electron chi connectivity index (χ0n) is 42.9. The Morgan fingerprint density at radius 2 is 0.566 bits per heavy atom. The van der Waals surface area contributed by atoms with Gasteiger partial charge in [-0.2, -0.15) is 0 Å². The minimum Gasteiger partial charge on any atom is -0.311 e. The first-order valence-corrected chi connectivity index (χ1v) is 26.1. The van der Waals surface area contributed by atoms with E-state index in [4.69, 9.17) is 0 Å². The minimum atomic E-state index is 1.08. The van der Waals surface area contributed by atoms with Gasteiger partial charge in [-0.15, -0.1) is 0 Å². The Morgan fingerprint density at radius 3 is 0.947 bits per heavy atom. The standard InChI is InChI=1S/C74H58N2/c1-3-22-55(4-2)35-36-57-39-47-65(48-40-57)75(63-29-16-8-17-30-63)67-51-43-61(44-52-67)71-69-33-20-21-34-70(69)72(74(60-27-14-7-15-28-60)73(71)59-25-12-6-13-26-59)62-45-53-68(54-46-62)76(64-31-18-9-19-32-64)66-49-41-58(42-50-66)38-37-56-23-10-5-11-24-56/h3-54H,1-2H3/b22-3-,36-35+,38-37+,55-4+. The van der Waals surface area contributed by atoms with E-state index in [1.54, 1.807) is 0 Å². The Kier molecular flexibility index (Phi) is 14.7. The lowest BCUT2D eigenvalue weighted by molar-refractivity contribution is 1.28. The maximum Gasteiger partial charge on any atom is 0.0462 e. The maximum absolute atomic E-state index is 2.34. The molecule has 0 unspecified atom stereocenters. The fourth-order valence-electron chi connectivity index (χ4n) is 10.3. The Hall–Kier alpha value is -9.76. The van der Waals surface area contributed by atoms with Crippen molar-refractivity contribution in [2.45, 2.75) is 13.8 Å².